The van der Waals surface area contributed by atoms with Crippen molar-refractivity contribution in [2.75, 3.05) is 13.1 Å². The smallest absolute Gasteiger partial charge is 0.408 e. The second-order valence-electron chi connectivity index (χ2n) is 10.9. The number of amides is 3. The topological polar surface area (TPSA) is 87.7 Å². The van der Waals surface area contributed by atoms with Crippen molar-refractivity contribution in [2.45, 2.75) is 110 Å². The standard InChI is InChI=1S/C30H45N3O4/c1-6-8-9-10-14-21-33(26(34)22-31-29(36)37-30(3,4)5)27(24-19-17-23(7-2)18-20-24)28(35)32-25-15-12-11-13-16-25/h2,17-20,25,27H,6,8-16,21-22H2,1,3-5H3,(H,31,36)(H,32,35). The molecule has 204 valence electrons. The van der Waals surface area contributed by atoms with Crippen molar-refractivity contribution in [1.29, 1.82) is 0 Å². The van der Waals surface area contributed by atoms with E-state index in [-0.39, 0.29) is 24.4 Å². The van der Waals surface area contributed by atoms with Crippen molar-refractivity contribution in [3.8, 4) is 12.3 Å². The summed E-state index contributed by atoms with van der Waals surface area (Å²) >= 11 is 0. The van der Waals surface area contributed by atoms with Crippen molar-refractivity contribution >= 4 is 17.9 Å². The van der Waals surface area contributed by atoms with Crippen LogP contribution < -0.4 is 10.6 Å². The number of alkyl carbamates (subject to hydrolysis) is 1. The first kappa shape index (κ1) is 30.2. The number of carbonyl (C=O) groups excluding carboxylic acids is 3. The molecule has 3 amide bonds. The number of carbonyl (C=O) groups is 3. The highest BCUT2D eigenvalue weighted by Gasteiger charge is 2.33. The Labute approximate surface area is 223 Å². The minimum absolute atomic E-state index is 0.107. The minimum atomic E-state index is -0.812. The number of nitrogens with one attached hydrogen (secondary N) is 2. The van der Waals surface area contributed by atoms with Gasteiger partial charge >= 0.3 is 6.09 Å². The maximum Gasteiger partial charge on any atom is 0.408 e. The summed E-state index contributed by atoms with van der Waals surface area (Å²) in [6.07, 6.45) is 15.2. The molecule has 0 aliphatic heterocycles. The maximum absolute atomic E-state index is 13.7. The molecule has 1 aromatic carbocycles. The molecule has 0 aromatic heterocycles. The van der Waals surface area contributed by atoms with Gasteiger partial charge in [0.15, 0.2) is 0 Å². The molecule has 0 radical (unpaired) electrons. The van der Waals surface area contributed by atoms with Crippen LogP contribution in [0.2, 0.25) is 0 Å². The lowest BCUT2D eigenvalue weighted by Crippen LogP contribution is -2.50. The number of hydrogen-bond donors (Lipinski definition) is 2. The lowest BCUT2D eigenvalue weighted by Gasteiger charge is -2.33. The summed E-state index contributed by atoms with van der Waals surface area (Å²) in [5.74, 6) is 2.08. The van der Waals surface area contributed by atoms with E-state index in [9.17, 15) is 14.4 Å². The van der Waals surface area contributed by atoms with E-state index < -0.39 is 17.7 Å². The van der Waals surface area contributed by atoms with E-state index in [0.29, 0.717) is 17.7 Å². The van der Waals surface area contributed by atoms with Crippen molar-refractivity contribution in [2.24, 2.45) is 0 Å². The summed E-state index contributed by atoms with van der Waals surface area (Å²) < 4.78 is 5.29. The van der Waals surface area contributed by atoms with Gasteiger partial charge in [0.25, 0.3) is 0 Å². The van der Waals surface area contributed by atoms with Gasteiger partial charge in [-0.2, -0.15) is 0 Å². The molecule has 0 bridgehead atoms. The van der Waals surface area contributed by atoms with Gasteiger partial charge in [0.1, 0.15) is 18.2 Å². The minimum Gasteiger partial charge on any atom is -0.444 e. The van der Waals surface area contributed by atoms with Crippen molar-refractivity contribution < 1.29 is 19.1 Å². The highest BCUT2D eigenvalue weighted by Crippen LogP contribution is 2.25. The summed E-state index contributed by atoms with van der Waals surface area (Å²) in [6.45, 7) is 7.62. The van der Waals surface area contributed by atoms with E-state index in [0.717, 1.165) is 57.8 Å². The molecule has 2 rings (SSSR count). The fraction of sp³-hybridized carbons (Fsp3) is 0.633. The molecule has 1 aromatic rings. The Balaban J connectivity index is 2.28. The van der Waals surface area contributed by atoms with E-state index in [1.165, 1.54) is 6.42 Å². The third-order valence-electron chi connectivity index (χ3n) is 6.51. The van der Waals surface area contributed by atoms with Crippen LogP contribution in [0.15, 0.2) is 24.3 Å². The number of ether oxygens (including phenoxy) is 1. The Hall–Kier alpha value is -3.01. The molecule has 1 fully saturated rings. The average Bonchev–Trinajstić information content (AvgIpc) is 2.86. The third-order valence-corrected chi connectivity index (χ3v) is 6.51. The molecule has 1 saturated carbocycles. The first-order valence-electron chi connectivity index (χ1n) is 13.8. The Morgan fingerprint density at radius 2 is 1.70 bits per heavy atom. The third kappa shape index (κ3) is 10.9. The van der Waals surface area contributed by atoms with Crippen LogP contribution in [0.4, 0.5) is 4.79 Å². The highest BCUT2D eigenvalue weighted by molar-refractivity contribution is 5.90. The van der Waals surface area contributed by atoms with Crippen LogP contribution in [0, 0.1) is 12.3 Å². The number of nitrogens with zero attached hydrogens (tertiary/aromatic N) is 1. The van der Waals surface area contributed by atoms with Crippen LogP contribution in [0.5, 0.6) is 0 Å². The van der Waals surface area contributed by atoms with Crippen LogP contribution in [-0.4, -0.2) is 47.5 Å². The Bertz CT molecular complexity index is 908. The number of rotatable bonds is 12. The number of benzene rings is 1. The zero-order valence-electron chi connectivity index (χ0n) is 23.1. The van der Waals surface area contributed by atoms with E-state index >= 15 is 0 Å². The molecule has 2 N–H and O–H groups in total. The molecule has 0 spiro atoms. The lowest BCUT2D eigenvalue weighted by molar-refractivity contribution is -0.140. The van der Waals surface area contributed by atoms with Crippen LogP contribution in [0.1, 0.15) is 109 Å². The summed E-state index contributed by atoms with van der Waals surface area (Å²) in [6, 6.07) is 6.51. The maximum atomic E-state index is 13.7. The molecule has 1 aliphatic carbocycles. The predicted molar refractivity (Wildman–Crippen MR) is 147 cm³/mol. The van der Waals surface area contributed by atoms with Crippen molar-refractivity contribution in [1.82, 2.24) is 15.5 Å². The Morgan fingerprint density at radius 1 is 1.05 bits per heavy atom. The molecule has 0 saturated heterocycles. The first-order chi connectivity index (χ1) is 17.6. The second kappa shape index (κ2) is 15.3. The van der Waals surface area contributed by atoms with Gasteiger partial charge in [0, 0.05) is 18.2 Å². The number of hydrogen-bond acceptors (Lipinski definition) is 4. The summed E-state index contributed by atoms with van der Waals surface area (Å²) in [4.78, 5) is 41.1. The molecular weight excluding hydrogens is 466 g/mol. The van der Waals surface area contributed by atoms with Gasteiger partial charge in [-0.1, -0.05) is 69.9 Å². The van der Waals surface area contributed by atoms with E-state index in [2.05, 4.69) is 23.5 Å². The Morgan fingerprint density at radius 3 is 2.30 bits per heavy atom. The predicted octanol–water partition coefficient (Wildman–Crippen LogP) is 5.48. The van der Waals surface area contributed by atoms with Gasteiger partial charge in [0.2, 0.25) is 11.8 Å². The molecule has 1 aliphatic rings. The molecule has 7 nitrogen and oxygen atoms in total. The monoisotopic (exact) mass is 511 g/mol. The quantitative estimate of drug-likeness (QED) is 0.287. The van der Waals surface area contributed by atoms with Gasteiger partial charge in [-0.3, -0.25) is 9.59 Å². The van der Waals surface area contributed by atoms with Crippen molar-refractivity contribution in [3.05, 3.63) is 35.4 Å². The van der Waals surface area contributed by atoms with Crippen LogP contribution in [-0.2, 0) is 14.3 Å². The molecule has 0 heterocycles. The van der Waals surface area contributed by atoms with Crippen LogP contribution in [0.3, 0.4) is 0 Å². The lowest BCUT2D eigenvalue weighted by atomic mass is 9.94. The molecule has 7 heteroatoms. The van der Waals surface area contributed by atoms with E-state index in [1.807, 2.05) is 12.1 Å². The van der Waals surface area contributed by atoms with E-state index in [4.69, 9.17) is 11.2 Å². The SMILES string of the molecule is C#Cc1ccc(C(C(=O)NC2CCCCC2)N(CCCCCCC)C(=O)CNC(=O)OC(C)(C)C)cc1. The Kier molecular flexibility index (Phi) is 12.5. The van der Waals surface area contributed by atoms with Gasteiger partial charge in [-0.25, -0.2) is 4.79 Å². The fourth-order valence-corrected chi connectivity index (χ4v) is 4.61. The van der Waals surface area contributed by atoms with E-state index in [1.54, 1.807) is 37.8 Å². The van der Waals surface area contributed by atoms with Crippen LogP contribution in [0.25, 0.3) is 0 Å². The van der Waals surface area contributed by atoms with Crippen molar-refractivity contribution in [3.63, 3.8) is 0 Å². The zero-order valence-corrected chi connectivity index (χ0v) is 23.1. The first-order valence-corrected chi connectivity index (χ1v) is 13.8. The van der Waals surface area contributed by atoms with Crippen LogP contribution >= 0.6 is 0 Å². The van der Waals surface area contributed by atoms with Gasteiger partial charge in [0.05, 0.1) is 0 Å². The fourth-order valence-electron chi connectivity index (χ4n) is 4.61. The zero-order chi connectivity index (χ0) is 27.3. The largest absolute Gasteiger partial charge is 0.444 e. The summed E-state index contributed by atoms with van der Waals surface area (Å²) in [5, 5.41) is 5.77. The second-order valence-corrected chi connectivity index (χ2v) is 10.9. The van der Waals surface area contributed by atoms with Gasteiger partial charge in [-0.15, -0.1) is 6.42 Å². The van der Waals surface area contributed by atoms with Gasteiger partial charge in [-0.05, 0) is 57.7 Å². The average molecular weight is 512 g/mol. The summed E-state index contributed by atoms with van der Waals surface area (Å²) in [5.41, 5.74) is 0.735. The van der Waals surface area contributed by atoms with Gasteiger partial charge < -0.3 is 20.3 Å². The number of terminal acetylenes is 1. The highest BCUT2D eigenvalue weighted by atomic mass is 16.6. The molecule has 1 atom stereocenters. The molecular formula is C30H45N3O4. The number of unbranched alkanes of at least 4 members (excludes halogenated alkanes) is 4. The summed E-state index contributed by atoms with van der Waals surface area (Å²) in [7, 11) is 0. The molecule has 37 heavy (non-hydrogen) atoms. The normalized spacial score (nSPS) is 14.8. The molecule has 1 unspecified atom stereocenters.